The van der Waals surface area contributed by atoms with Crippen molar-refractivity contribution in [2.24, 2.45) is 0 Å². The van der Waals surface area contributed by atoms with Gasteiger partial charge < -0.3 is 4.74 Å². The van der Waals surface area contributed by atoms with E-state index < -0.39 is 15.6 Å². The number of rotatable bonds is 3. The number of hydrogen-bond acceptors (Lipinski definition) is 3. The number of benzene rings is 3. The van der Waals surface area contributed by atoms with Crippen LogP contribution in [-0.2, 0) is 33.2 Å². The van der Waals surface area contributed by atoms with Crippen LogP contribution in [0.25, 0.3) is 0 Å². The number of hydrogen-bond donors (Lipinski definition) is 1. The summed E-state index contributed by atoms with van der Waals surface area (Å²) in [6.45, 7) is 0.342. The van der Waals surface area contributed by atoms with E-state index in [9.17, 15) is 8.42 Å². The summed E-state index contributed by atoms with van der Waals surface area (Å²) in [5, 5.41) is 0. The van der Waals surface area contributed by atoms with Gasteiger partial charge in [-0.2, -0.15) is 0 Å². The number of aryl methyl sites for hydroxylation is 2. The summed E-state index contributed by atoms with van der Waals surface area (Å²) in [5.41, 5.74) is 4.56. The molecule has 5 rings (SSSR count). The lowest BCUT2D eigenvalue weighted by Gasteiger charge is -2.42. The third kappa shape index (κ3) is 3.37. The molecule has 1 N–H and O–H groups in total. The fourth-order valence-electron chi connectivity index (χ4n) is 4.86. The van der Waals surface area contributed by atoms with Gasteiger partial charge >= 0.3 is 0 Å². The van der Waals surface area contributed by atoms with Crippen molar-refractivity contribution in [2.75, 3.05) is 6.61 Å². The van der Waals surface area contributed by atoms with Crippen LogP contribution in [0.2, 0.25) is 0 Å². The molecule has 0 amide bonds. The molecule has 1 aliphatic carbocycles. The molecule has 3 aromatic carbocycles. The minimum atomic E-state index is -3.56. The molecule has 4 nitrogen and oxygen atoms in total. The highest BCUT2D eigenvalue weighted by Gasteiger charge is 2.43. The summed E-state index contributed by atoms with van der Waals surface area (Å²) in [6, 6.07) is 25.3. The van der Waals surface area contributed by atoms with E-state index in [-0.39, 0.29) is 10.9 Å². The number of fused-ring (bicyclic) bond motifs is 4. The van der Waals surface area contributed by atoms with Gasteiger partial charge in [0.1, 0.15) is 5.60 Å². The molecule has 0 bridgehead atoms. The average molecular weight is 420 g/mol. The molecule has 1 fully saturated rings. The lowest BCUT2D eigenvalue weighted by Crippen LogP contribution is -2.47. The molecule has 30 heavy (non-hydrogen) atoms. The first-order valence-electron chi connectivity index (χ1n) is 10.5. The zero-order valence-electron chi connectivity index (χ0n) is 16.8. The summed E-state index contributed by atoms with van der Waals surface area (Å²) in [7, 11) is -3.56. The van der Waals surface area contributed by atoms with Crippen molar-refractivity contribution in [2.45, 2.75) is 42.2 Å². The molecule has 1 saturated heterocycles. The predicted molar refractivity (Wildman–Crippen MR) is 117 cm³/mol. The molecule has 5 heteroatoms. The summed E-state index contributed by atoms with van der Waals surface area (Å²) in [5.74, 6) is 0. The second-order valence-corrected chi connectivity index (χ2v) is 9.84. The smallest absolute Gasteiger partial charge is 0.240 e. The van der Waals surface area contributed by atoms with E-state index in [4.69, 9.17) is 4.74 Å². The Bertz CT molecular complexity index is 1100. The monoisotopic (exact) mass is 419 g/mol. The zero-order chi connectivity index (χ0) is 20.6. The van der Waals surface area contributed by atoms with Crippen molar-refractivity contribution in [1.29, 1.82) is 0 Å². The second kappa shape index (κ2) is 7.65. The molecule has 0 radical (unpaired) electrons. The Labute approximate surface area is 178 Å². The highest BCUT2D eigenvalue weighted by molar-refractivity contribution is 7.89. The van der Waals surface area contributed by atoms with E-state index in [1.165, 1.54) is 22.3 Å². The second-order valence-electron chi connectivity index (χ2n) is 8.12. The van der Waals surface area contributed by atoms with Gasteiger partial charge in [0.15, 0.2) is 0 Å². The summed E-state index contributed by atoms with van der Waals surface area (Å²) >= 11 is 0. The highest BCUT2D eigenvalue weighted by Crippen LogP contribution is 2.46. The maximum Gasteiger partial charge on any atom is 0.240 e. The van der Waals surface area contributed by atoms with E-state index in [1.807, 2.05) is 6.07 Å². The molecular weight excluding hydrogens is 394 g/mol. The average Bonchev–Trinajstić information content (AvgIpc) is 2.92. The number of sulfonamides is 1. The largest absolute Gasteiger partial charge is 0.364 e. The van der Waals surface area contributed by atoms with Crippen LogP contribution in [0.3, 0.4) is 0 Å². The van der Waals surface area contributed by atoms with Crippen molar-refractivity contribution < 1.29 is 13.2 Å². The Morgan fingerprint density at radius 3 is 1.93 bits per heavy atom. The van der Waals surface area contributed by atoms with E-state index in [0.29, 0.717) is 13.0 Å². The van der Waals surface area contributed by atoms with Crippen LogP contribution in [0.4, 0.5) is 0 Å². The lowest BCUT2D eigenvalue weighted by molar-refractivity contribution is -0.0645. The van der Waals surface area contributed by atoms with Crippen LogP contribution in [0.15, 0.2) is 83.8 Å². The first kappa shape index (κ1) is 19.5. The third-order valence-electron chi connectivity index (χ3n) is 6.32. The van der Waals surface area contributed by atoms with Gasteiger partial charge in [0.05, 0.1) is 11.5 Å². The van der Waals surface area contributed by atoms with E-state index >= 15 is 0 Å². The van der Waals surface area contributed by atoms with Gasteiger partial charge in [-0.25, -0.2) is 13.1 Å². The predicted octanol–water partition coefficient (Wildman–Crippen LogP) is 4.19. The fraction of sp³-hybridized carbons (Fsp3) is 0.280. The van der Waals surface area contributed by atoms with Crippen LogP contribution in [0, 0.1) is 0 Å². The maximum atomic E-state index is 12.8. The first-order valence-corrected chi connectivity index (χ1v) is 11.9. The van der Waals surface area contributed by atoms with Gasteiger partial charge in [-0.1, -0.05) is 66.7 Å². The fourth-order valence-corrected chi connectivity index (χ4v) is 6.14. The van der Waals surface area contributed by atoms with Crippen LogP contribution < -0.4 is 4.72 Å². The zero-order valence-corrected chi connectivity index (χ0v) is 17.6. The summed E-state index contributed by atoms with van der Waals surface area (Å²) in [4.78, 5) is 0.287. The number of ether oxygens (including phenoxy) is 1. The van der Waals surface area contributed by atoms with Crippen molar-refractivity contribution in [3.05, 3.63) is 101 Å². The summed E-state index contributed by atoms with van der Waals surface area (Å²) < 4.78 is 35.0. The van der Waals surface area contributed by atoms with Crippen LogP contribution in [0.5, 0.6) is 0 Å². The maximum absolute atomic E-state index is 12.8. The Hall–Kier alpha value is -2.47. The van der Waals surface area contributed by atoms with Crippen LogP contribution >= 0.6 is 0 Å². The van der Waals surface area contributed by atoms with Crippen molar-refractivity contribution in [1.82, 2.24) is 4.72 Å². The minimum absolute atomic E-state index is 0.247. The Balaban J connectivity index is 1.45. The third-order valence-corrected chi connectivity index (χ3v) is 7.86. The molecule has 3 aromatic rings. The van der Waals surface area contributed by atoms with Gasteiger partial charge in [0.25, 0.3) is 0 Å². The molecule has 1 atom stereocenters. The lowest BCUT2D eigenvalue weighted by atomic mass is 9.78. The number of nitrogens with one attached hydrogen (secondary N) is 1. The molecule has 1 spiro atoms. The Kier molecular flexibility index (Phi) is 4.97. The van der Waals surface area contributed by atoms with Gasteiger partial charge in [-0.05, 0) is 60.1 Å². The molecule has 1 aliphatic heterocycles. The quantitative estimate of drug-likeness (QED) is 0.693. The van der Waals surface area contributed by atoms with Crippen LogP contribution in [0.1, 0.15) is 35.1 Å². The molecule has 154 valence electrons. The van der Waals surface area contributed by atoms with Crippen LogP contribution in [-0.4, -0.2) is 21.1 Å². The SMILES string of the molecule is O=S(=O)(NC1CCC2(OC1)c1ccccc1CCc1ccccc12)c1ccccc1. The minimum Gasteiger partial charge on any atom is -0.364 e. The van der Waals surface area contributed by atoms with Gasteiger partial charge in [0.2, 0.25) is 10.0 Å². The highest BCUT2D eigenvalue weighted by atomic mass is 32.2. The van der Waals surface area contributed by atoms with Crippen molar-refractivity contribution >= 4 is 10.0 Å². The molecular formula is C25H25NO3S. The van der Waals surface area contributed by atoms with Crippen molar-refractivity contribution in [3.8, 4) is 0 Å². The molecule has 1 unspecified atom stereocenters. The van der Waals surface area contributed by atoms with Gasteiger partial charge in [-0.3, -0.25) is 0 Å². The molecule has 1 heterocycles. The standard InChI is InChI=1S/C25H25NO3S/c27-30(28,22-10-2-1-3-11-22)26-21-16-17-25(29-18-21)23-12-6-4-8-19(23)14-15-20-9-5-7-13-24(20)25/h1-13,21,26H,14-18H2. The first-order chi connectivity index (χ1) is 14.6. The Morgan fingerprint density at radius 2 is 1.37 bits per heavy atom. The molecule has 0 saturated carbocycles. The summed E-state index contributed by atoms with van der Waals surface area (Å²) in [6.07, 6.45) is 3.43. The topological polar surface area (TPSA) is 55.4 Å². The van der Waals surface area contributed by atoms with E-state index in [0.717, 1.165) is 19.3 Å². The molecule has 2 aliphatic rings. The normalized spacial score (nSPS) is 20.2. The van der Waals surface area contributed by atoms with Gasteiger partial charge in [-0.15, -0.1) is 0 Å². The van der Waals surface area contributed by atoms with E-state index in [2.05, 4.69) is 53.3 Å². The Morgan fingerprint density at radius 1 is 0.800 bits per heavy atom. The van der Waals surface area contributed by atoms with Gasteiger partial charge in [0, 0.05) is 6.04 Å². The molecule has 0 aromatic heterocycles. The van der Waals surface area contributed by atoms with E-state index in [1.54, 1.807) is 24.3 Å². The van der Waals surface area contributed by atoms with Crippen molar-refractivity contribution in [3.63, 3.8) is 0 Å².